The van der Waals surface area contributed by atoms with Gasteiger partial charge in [0.05, 0.1) is 30.1 Å². The maximum Gasteiger partial charge on any atom is 0.221 e. The molecule has 0 saturated heterocycles. The number of nitrogens with one attached hydrogen (secondary N) is 1. The summed E-state index contributed by atoms with van der Waals surface area (Å²) in [5.41, 5.74) is 0.881. The lowest BCUT2D eigenvalue weighted by molar-refractivity contribution is -0.121. The summed E-state index contributed by atoms with van der Waals surface area (Å²) in [7, 11) is 1.60. The highest BCUT2D eigenvalue weighted by molar-refractivity contribution is 6.31. The first-order valence-electron chi connectivity index (χ1n) is 5.08. The highest BCUT2D eigenvalue weighted by atomic mass is 35.5. The number of carbonyl (C=O) groups excluding carboxylic acids is 1. The van der Waals surface area contributed by atoms with Crippen molar-refractivity contribution in [3.63, 3.8) is 0 Å². The first-order valence-corrected chi connectivity index (χ1v) is 5.46. The first kappa shape index (κ1) is 13.0. The van der Waals surface area contributed by atoms with Gasteiger partial charge >= 0.3 is 0 Å². The van der Waals surface area contributed by atoms with Gasteiger partial charge in [0, 0.05) is 20.1 Å². The number of methoxy groups -OCH3 is 1. The van der Waals surface area contributed by atoms with Gasteiger partial charge in [-0.15, -0.1) is 0 Å². The van der Waals surface area contributed by atoms with Gasteiger partial charge < -0.3 is 10.1 Å². The van der Waals surface area contributed by atoms with E-state index in [2.05, 4.69) is 10.4 Å². The van der Waals surface area contributed by atoms with Gasteiger partial charge in [0.1, 0.15) is 0 Å². The molecule has 0 aliphatic rings. The molecule has 0 fully saturated rings. The molecule has 1 heterocycles. The maximum atomic E-state index is 11.4. The van der Waals surface area contributed by atoms with Crippen molar-refractivity contribution in [2.24, 2.45) is 0 Å². The van der Waals surface area contributed by atoms with E-state index in [1.165, 1.54) is 0 Å². The standard InChI is InChI=1S/C10H16ClN3O2/c1-8-9(11)7-13-14(8)5-3-10(15)12-4-6-16-2/h7H,3-6H2,1-2H3,(H,12,15). The Hall–Kier alpha value is -1.07. The van der Waals surface area contributed by atoms with E-state index in [0.29, 0.717) is 31.1 Å². The number of hydrogen-bond acceptors (Lipinski definition) is 3. The molecule has 0 aliphatic heterocycles. The Labute approximate surface area is 99.7 Å². The number of rotatable bonds is 6. The Balaban J connectivity index is 2.29. The lowest BCUT2D eigenvalue weighted by atomic mass is 10.4. The second-order valence-corrected chi connectivity index (χ2v) is 3.80. The van der Waals surface area contributed by atoms with E-state index >= 15 is 0 Å². The molecule has 6 heteroatoms. The number of hydrogen-bond donors (Lipinski definition) is 1. The number of amides is 1. The van der Waals surface area contributed by atoms with Crippen molar-refractivity contribution in [3.05, 3.63) is 16.9 Å². The zero-order valence-corrected chi connectivity index (χ0v) is 10.3. The number of nitrogens with zero attached hydrogens (tertiary/aromatic N) is 2. The molecule has 1 rings (SSSR count). The highest BCUT2D eigenvalue weighted by Gasteiger charge is 2.06. The molecule has 0 spiro atoms. The van der Waals surface area contributed by atoms with Crippen LogP contribution in [0.2, 0.25) is 5.02 Å². The zero-order valence-electron chi connectivity index (χ0n) is 9.49. The van der Waals surface area contributed by atoms with Crippen molar-refractivity contribution in [1.29, 1.82) is 0 Å². The molecule has 0 atom stereocenters. The van der Waals surface area contributed by atoms with Crippen LogP contribution in [0.4, 0.5) is 0 Å². The van der Waals surface area contributed by atoms with Gasteiger partial charge in [-0.3, -0.25) is 9.48 Å². The number of aromatic nitrogens is 2. The molecule has 0 aliphatic carbocycles. The molecule has 1 aromatic heterocycles. The molecular formula is C10H16ClN3O2. The molecule has 0 unspecified atom stereocenters. The Bertz CT molecular complexity index is 352. The molecule has 1 N–H and O–H groups in total. The largest absolute Gasteiger partial charge is 0.383 e. The average molecular weight is 246 g/mol. The van der Waals surface area contributed by atoms with Crippen LogP contribution >= 0.6 is 11.6 Å². The van der Waals surface area contributed by atoms with Gasteiger partial charge in [-0.2, -0.15) is 5.10 Å². The molecule has 1 amide bonds. The quantitative estimate of drug-likeness (QED) is 0.761. The van der Waals surface area contributed by atoms with Gasteiger partial charge in [0.25, 0.3) is 0 Å². The van der Waals surface area contributed by atoms with E-state index in [1.54, 1.807) is 18.0 Å². The normalized spacial score (nSPS) is 10.4. The molecule has 0 aromatic carbocycles. The van der Waals surface area contributed by atoms with Crippen LogP contribution in [0.15, 0.2) is 6.20 Å². The van der Waals surface area contributed by atoms with E-state index in [9.17, 15) is 4.79 Å². The fourth-order valence-electron chi connectivity index (χ4n) is 1.24. The van der Waals surface area contributed by atoms with Crippen LogP contribution in [0.1, 0.15) is 12.1 Å². The Morgan fingerprint density at radius 1 is 1.69 bits per heavy atom. The van der Waals surface area contributed by atoms with Crippen LogP contribution < -0.4 is 5.32 Å². The van der Waals surface area contributed by atoms with E-state index < -0.39 is 0 Å². The predicted octanol–water partition coefficient (Wildman–Crippen LogP) is 0.998. The summed E-state index contributed by atoms with van der Waals surface area (Å²) in [6.45, 7) is 3.47. The zero-order chi connectivity index (χ0) is 12.0. The van der Waals surface area contributed by atoms with Gasteiger partial charge in [-0.1, -0.05) is 11.6 Å². The summed E-state index contributed by atoms with van der Waals surface area (Å²) in [6, 6.07) is 0. The Morgan fingerprint density at radius 2 is 2.44 bits per heavy atom. The number of ether oxygens (including phenoxy) is 1. The molecule has 1 aromatic rings. The summed E-state index contributed by atoms with van der Waals surface area (Å²) >= 11 is 5.85. The van der Waals surface area contributed by atoms with Crippen LogP contribution in [0.25, 0.3) is 0 Å². The molecule has 16 heavy (non-hydrogen) atoms. The second kappa shape index (κ2) is 6.50. The van der Waals surface area contributed by atoms with Crippen molar-refractivity contribution in [2.75, 3.05) is 20.3 Å². The Kier molecular flexibility index (Phi) is 5.28. The number of aryl methyl sites for hydroxylation is 1. The fraction of sp³-hybridized carbons (Fsp3) is 0.600. The third-order valence-corrected chi connectivity index (χ3v) is 2.59. The van der Waals surface area contributed by atoms with E-state index in [1.807, 2.05) is 6.92 Å². The van der Waals surface area contributed by atoms with Crippen molar-refractivity contribution >= 4 is 17.5 Å². The summed E-state index contributed by atoms with van der Waals surface area (Å²) in [6.07, 6.45) is 1.97. The number of carbonyl (C=O) groups is 1. The van der Waals surface area contributed by atoms with Crippen LogP contribution in [-0.4, -0.2) is 35.9 Å². The average Bonchev–Trinajstić information content (AvgIpc) is 2.58. The molecule has 90 valence electrons. The minimum atomic E-state index is -0.0110. The summed E-state index contributed by atoms with van der Waals surface area (Å²) < 4.78 is 6.55. The smallest absolute Gasteiger partial charge is 0.221 e. The highest BCUT2D eigenvalue weighted by Crippen LogP contribution is 2.13. The monoisotopic (exact) mass is 245 g/mol. The second-order valence-electron chi connectivity index (χ2n) is 3.39. The summed E-state index contributed by atoms with van der Waals surface area (Å²) in [5.74, 6) is -0.0110. The first-order chi connectivity index (χ1) is 7.65. The third-order valence-electron chi connectivity index (χ3n) is 2.22. The van der Waals surface area contributed by atoms with Crippen LogP contribution in [-0.2, 0) is 16.1 Å². The van der Waals surface area contributed by atoms with Gasteiger partial charge in [0.2, 0.25) is 5.91 Å². The van der Waals surface area contributed by atoms with Gasteiger partial charge in [-0.25, -0.2) is 0 Å². The molecule has 0 saturated carbocycles. The van der Waals surface area contributed by atoms with E-state index in [0.717, 1.165) is 5.69 Å². The lowest BCUT2D eigenvalue weighted by Gasteiger charge is -2.06. The van der Waals surface area contributed by atoms with Gasteiger partial charge in [0.15, 0.2) is 0 Å². The van der Waals surface area contributed by atoms with Crippen molar-refractivity contribution < 1.29 is 9.53 Å². The van der Waals surface area contributed by atoms with Gasteiger partial charge in [-0.05, 0) is 6.92 Å². The predicted molar refractivity (Wildman–Crippen MR) is 61.5 cm³/mol. The third kappa shape index (κ3) is 3.83. The summed E-state index contributed by atoms with van der Waals surface area (Å²) in [4.78, 5) is 11.4. The van der Waals surface area contributed by atoms with Crippen LogP contribution in [0, 0.1) is 6.92 Å². The molecule has 5 nitrogen and oxygen atoms in total. The summed E-state index contributed by atoms with van der Waals surface area (Å²) in [5, 5.41) is 7.43. The van der Waals surface area contributed by atoms with Crippen molar-refractivity contribution in [1.82, 2.24) is 15.1 Å². The number of halogens is 1. The van der Waals surface area contributed by atoms with E-state index in [4.69, 9.17) is 16.3 Å². The minimum Gasteiger partial charge on any atom is -0.383 e. The topological polar surface area (TPSA) is 56.1 Å². The molecule has 0 bridgehead atoms. The SMILES string of the molecule is COCCNC(=O)CCn1ncc(Cl)c1C. The fourth-order valence-corrected chi connectivity index (χ4v) is 1.38. The van der Waals surface area contributed by atoms with Crippen LogP contribution in [0.3, 0.4) is 0 Å². The Morgan fingerprint density at radius 3 is 3.00 bits per heavy atom. The van der Waals surface area contributed by atoms with Crippen molar-refractivity contribution in [2.45, 2.75) is 19.9 Å². The maximum absolute atomic E-state index is 11.4. The van der Waals surface area contributed by atoms with E-state index in [-0.39, 0.29) is 5.91 Å². The lowest BCUT2D eigenvalue weighted by Crippen LogP contribution is -2.27. The molecule has 0 radical (unpaired) electrons. The minimum absolute atomic E-state index is 0.0110. The van der Waals surface area contributed by atoms with Crippen molar-refractivity contribution in [3.8, 4) is 0 Å². The van der Waals surface area contributed by atoms with Crippen LogP contribution in [0.5, 0.6) is 0 Å². The molecular weight excluding hydrogens is 230 g/mol.